The molecule has 10 heteroatoms. The average Bonchev–Trinajstić information content (AvgIpc) is 2.41. The van der Waals surface area contributed by atoms with Gasteiger partial charge in [-0.05, 0) is 6.92 Å². The molecule has 21 heavy (non-hydrogen) atoms. The van der Waals surface area contributed by atoms with Crippen molar-refractivity contribution in [2.45, 2.75) is 6.92 Å². The van der Waals surface area contributed by atoms with Gasteiger partial charge in [0.1, 0.15) is 6.67 Å². The Morgan fingerprint density at radius 1 is 1.29 bits per heavy atom. The molecule has 0 unspecified atom stereocenters. The molecule has 0 fully saturated rings. The average molecular weight is 294 g/mol. The number of aliphatic imine (C=N–C) groups is 1. The summed E-state index contributed by atoms with van der Waals surface area (Å²) in [7, 11) is 1.46. The van der Waals surface area contributed by atoms with Crippen molar-refractivity contribution in [1.82, 2.24) is 4.90 Å². The van der Waals surface area contributed by atoms with Gasteiger partial charge in [0.2, 0.25) is 5.90 Å². The lowest BCUT2D eigenvalue weighted by atomic mass is 10.1. The van der Waals surface area contributed by atoms with Crippen LogP contribution in [0.3, 0.4) is 0 Å². The summed E-state index contributed by atoms with van der Waals surface area (Å²) >= 11 is 0. The SMILES string of the molecule is Cc1c(C2=NCN(C)C(=O)O2)cc([N+](=O)[O-])cc1[N+](=O)[O-]. The van der Waals surface area contributed by atoms with Gasteiger partial charge < -0.3 is 4.74 Å². The van der Waals surface area contributed by atoms with E-state index in [9.17, 15) is 25.0 Å². The number of rotatable bonds is 3. The van der Waals surface area contributed by atoms with Gasteiger partial charge in [-0.1, -0.05) is 0 Å². The summed E-state index contributed by atoms with van der Waals surface area (Å²) in [6.07, 6.45) is -0.687. The van der Waals surface area contributed by atoms with E-state index in [1.165, 1.54) is 18.9 Å². The van der Waals surface area contributed by atoms with E-state index < -0.39 is 27.3 Å². The summed E-state index contributed by atoms with van der Waals surface area (Å²) in [6, 6.07) is 1.95. The third kappa shape index (κ3) is 2.63. The fourth-order valence-corrected chi connectivity index (χ4v) is 1.76. The lowest BCUT2D eigenvalue weighted by molar-refractivity contribution is -0.394. The summed E-state index contributed by atoms with van der Waals surface area (Å²) in [5, 5.41) is 21.8. The molecule has 1 heterocycles. The van der Waals surface area contributed by atoms with Gasteiger partial charge in [0, 0.05) is 18.7 Å². The van der Waals surface area contributed by atoms with Crippen LogP contribution in [0.25, 0.3) is 0 Å². The fraction of sp³-hybridized carbons (Fsp3) is 0.273. The summed E-state index contributed by atoms with van der Waals surface area (Å²) in [5.74, 6) is -0.164. The Morgan fingerprint density at radius 3 is 2.48 bits per heavy atom. The third-order valence-corrected chi connectivity index (χ3v) is 2.93. The first-order valence-corrected chi connectivity index (χ1v) is 5.72. The number of hydrogen-bond acceptors (Lipinski definition) is 7. The molecule has 0 radical (unpaired) electrons. The zero-order valence-corrected chi connectivity index (χ0v) is 11.1. The van der Waals surface area contributed by atoms with Crippen LogP contribution < -0.4 is 0 Å². The monoisotopic (exact) mass is 294 g/mol. The Labute approximate surface area is 117 Å². The molecule has 0 atom stereocenters. The maximum absolute atomic E-state index is 11.5. The van der Waals surface area contributed by atoms with Crippen molar-refractivity contribution in [2.75, 3.05) is 13.7 Å². The van der Waals surface area contributed by atoms with Crippen LogP contribution in [-0.2, 0) is 4.74 Å². The number of ether oxygens (including phenoxy) is 1. The second-order valence-electron chi connectivity index (χ2n) is 4.32. The van der Waals surface area contributed by atoms with Crippen molar-refractivity contribution in [1.29, 1.82) is 0 Å². The predicted molar refractivity (Wildman–Crippen MR) is 70.1 cm³/mol. The Kier molecular flexibility index (Phi) is 3.52. The van der Waals surface area contributed by atoms with E-state index in [4.69, 9.17) is 4.74 Å². The van der Waals surface area contributed by atoms with Gasteiger partial charge in [-0.15, -0.1) is 0 Å². The molecule has 1 aromatic carbocycles. The van der Waals surface area contributed by atoms with E-state index >= 15 is 0 Å². The topological polar surface area (TPSA) is 128 Å². The number of nitro benzene ring substituents is 2. The molecule has 0 aromatic heterocycles. The van der Waals surface area contributed by atoms with Crippen molar-refractivity contribution in [2.24, 2.45) is 4.99 Å². The maximum Gasteiger partial charge on any atom is 0.417 e. The zero-order chi connectivity index (χ0) is 15.7. The molecule has 10 nitrogen and oxygen atoms in total. The molecule has 1 aliphatic rings. The van der Waals surface area contributed by atoms with Crippen LogP contribution in [0.1, 0.15) is 11.1 Å². The van der Waals surface area contributed by atoms with Crippen LogP contribution >= 0.6 is 0 Å². The van der Waals surface area contributed by atoms with E-state index in [1.54, 1.807) is 0 Å². The Hall–Kier alpha value is -3.04. The Balaban J connectivity index is 2.60. The molecular formula is C11H10N4O6. The van der Waals surface area contributed by atoms with Gasteiger partial charge in [0.05, 0.1) is 21.5 Å². The minimum absolute atomic E-state index is 0.00406. The predicted octanol–water partition coefficient (Wildman–Crippen LogP) is 1.60. The highest BCUT2D eigenvalue weighted by molar-refractivity contribution is 6.03. The fourth-order valence-electron chi connectivity index (χ4n) is 1.76. The number of non-ortho nitro benzene ring substituents is 1. The van der Waals surface area contributed by atoms with Crippen molar-refractivity contribution >= 4 is 23.4 Å². The van der Waals surface area contributed by atoms with Crippen LogP contribution in [0.15, 0.2) is 17.1 Å². The Bertz CT molecular complexity index is 684. The molecule has 1 amide bonds. The zero-order valence-electron chi connectivity index (χ0n) is 11.1. The largest absolute Gasteiger partial charge is 0.417 e. The molecule has 0 spiro atoms. The first-order valence-electron chi connectivity index (χ1n) is 5.72. The summed E-state index contributed by atoms with van der Waals surface area (Å²) in [5.41, 5.74) is -0.712. The molecule has 0 N–H and O–H groups in total. The summed E-state index contributed by atoms with van der Waals surface area (Å²) in [6.45, 7) is 1.41. The highest BCUT2D eigenvalue weighted by atomic mass is 16.6. The van der Waals surface area contributed by atoms with Gasteiger partial charge in [-0.3, -0.25) is 25.1 Å². The minimum atomic E-state index is -0.757. The second kappa shape index (κ2) is 5.15. The molecule has 1 aromatic rings. The van der Waals surface area contributed by atoms with E-state index in [0.29, 0.717) is 0 Å². The van der Waals surface area contributed by atoms with Crippen molar-refractivity contribution < 1.29 is 19.4 Å². The minimum Gasteiger partial charge on any atom is -0.391 e. The quantitative estimate of drug-likeness (QED) is 0.615. The van der Waals surface area contributed by atoms with Crippen LogP contribution in [-0.4, -0.2) is 40.5 Å². The van der Waals surface area contributed by atoms with Crippen LogP contribution in [0.2, 0.25) is 0 Å². The lowest BCUT2D eigenvalue weighted by Gasteiger charge is -2.21. The number of benzene rings is 1. The van der Waals surface area contributed by atoms with E-state index in [0.717, 1.165) is 12.1 Å². The van der Waals surface area contributed by atoms with Gasteiger partial charge in [-0.2, -0.15) is 0 Å². The second-order valence-corrected chi connectivity index (χ2v) is 4.32. The molecule has 0 aliphatic carbocycles. The molecule has 0 saturated heterocycles. The number of nitrogens with zero attached hydrogens (tertiary/aromatic N) is 4. The van der Waals surface area contributed by atoms with Crippen molar-refractivity contribution in [3.63, 3.8) is 0 Å². The molecule has 2 rings (SSSR count). The van der Waals surface area contributed by atoms with Crippen LogP contribution in [0.4, 0.5) is 16.2 Å². The molecular weight excluding hydrogens is 284 g/mol. The molecule has 0 bridgehead atoms. The molecule has 1 aliphatic heterocycles. The first kappa shape index (κ1) is 14.4. The van der Waals surface area contributed by atoms with Crippen LogP contribution in [0.5, 0.6) is 0 Å². The summed E-state index contributed by atoms with van der Waals surface area (Å²) < 4.78 is 4.93. The van der Waals surface area contributed by atoms with Gasteiger partial charge in [0.25, 0.3) is 11.4 Å². The summed E-state index contributed by atoms with van der Waals surface area (Å²) in [4.78, 5) is 37.0. The third-order valence-electron chi connectivity index (χ3n) is 2.93. The van der Waals surface area contributed by atoms with Gasteiger partial charge in [-0.25, -0.2) is 9.79 Å². The van der Waals surface area contributed by atoms with E-state index in [1.807, 2.05) is 0 Å². The highest BCUT2D eigenvalue weighted by Gasteiger charge is 2.28. The van der Waals surface area contributed by atoms with Crippen LogP contribution in [0, 0.1) is 27.2 Å². The molecule has 110 valence electrons. The highest BCUT2D eigenvalue weighted by Crippen LogP contribution is 2.29. The van der Waals surface area contributed by atoms with E-state index in [-0.39, 0.29) is 23.7 Å². The van der Waals surface area contributed by atoms with Crippen molar-refractivity contribution in [3.8, 4) is 0 Å². The smallest absolute Gasteiger partial charge is 0.391 e. The molecule has 0 saturated carbocycles. The number of nitro groups is 2. The number of carbonyl (C=O) groups is 1. The lowest BCUT2D eigenvalue weighted by Crippen LogP contribution is -2.35. The standard InChI is InChI=1S/C11H10N4O6/c1-6-8(10-12-5-13(2)11(16)21-10)3-7(14(17)18)4-9(6)15(19)20/h3-4H,5H2,1-2H3. The van der Waals surface area contributed by atoms with E-state index in [2.05, 4.69) is 4.99 Å². The first-order chi connectivity index (χ1) is 9.81. The number of cyclic esters (lactones) is 1. The maximum atomic E-state index is 11.5. The number of hydrogen-bond donors (Lipinski definition) is 0. The Morgan fingerprint density at radius 2 is 1.95 bits per heavy atom. The van der Waals surface area contributed by atoms with Crippen molar-refractivity contribution in [3.05, 3.63) is 43.5 Å². The normalized spacial score (nSPS) is 14.5. The number of carbonyl (C=O) groups excluding carboxylic acids is 1. The number of amides is 1. The van der Waals surface area contributed by atoms with Gasteiger partial charge in [0.15, 0.2) is 0 Å². The van der Waals surface area contributed by atoms with Gasteiger partial charge >= 0.3 is 6.09 Å².